The number of nitrogens with zero attached hydrogens (tertiary/aromatic N) is 1. The first-order valence-corrected chi connectivity index (χ1v) is 9.03. The van der Waals surface area contributed by atoms with Crippen LogP contribution in [-0.4, -0.2) is 41.9 Å². The van der Waals surface area contributed by atoms with Crippen molar-refractivity contribution in [3.63, 3.8) is 0 Å². The van der Waals surface area contributed by atoms with E-state index in [1.165, 1.54) is 11.1 Å². The molecule has 1 saturated carbocycles. The van der Waals surface area contributed by atoms with E-state index in [1.54, 1.807) is 7.11 Å². The topological polar surface area (TPSA) is 32.7 Å². The van der Waals surface area contributed by atoms with E-state index < -0.39 is 5.60 Å². The minimum Gasteiger partial charge on any atom is -0.387 e. The molecule has 3 nitrogen and oxygen atoms in total. The second kappa shape index (κ2) is 9.71. The van der Waals surface area contributed by atoms with Gasteiger partial charge in [-0.05, 0) is 36.8 Å². The van der Waals surface area contributed by atoms with Crippen molar-refractivity contribution in [1.82, 2.24) is 4.90 Å². The van der Waals surface area contributed by atoms with Crippen molar-refractivity contribution in [1.29, 1.82) is 0 Å². The van der Waals surface area contributed by atoms with Crippen molar-refractivity contribution in [3.8, 4) is 0 Å². The van der Waals surface area contributed by atoms with E-state index in [4.69, 9.17) is 4.74 Å². The number of ether oxygens (including phenoxy) is 1. The Kier molecular flexibility index (Phi) is 7.63. The summed E-state index contributed by atoms with van der Waals surface area (Å²) in [5, 5.41) is 10.6. The van der Waals surface area contributed by atoms with Gasteiger partial charge in [-0.25, -0.2) is 0 Å². The highest BCUT2D eigenvalue weighted by atomic mass is 16.5. The summed E-state index contributed by atoms with van der Waals surface area (Å²) >= 11 is 0. The maximum absolute atomic E-state index is 10.6. The van der Waals surface area contributed by atoms with E-state index in [-0.39, 0.29) is 0 Å². The first-order chi connectivity index (χ1) is 12.1. The summed E-state index contributed by atoms with van der Waals surface area (Å²) in [6, 6.07) is 11.0. The Balaban J connectivity index is 2.10. The van der Waals surface area contributed by atoms with Gasteiger partial charge in [-0.3, -0.25) is 4.90 Å². The van der Waals surface area contributed by atoms with Crippen LogP contribution in [0.15, 0.2) is 67.3 Å². The summed E-state index contributed by atoms with van der Waals surface area (Å²) in [6.45, 7) is 9.90. The molecule has 1 aliphatic rings. The van der Waals surface area contributed by atoms with Gasteiger partial charge in [0.15, 0.2) is 0 Å². The first-order valence-electron chi connectivity index (χ1n) is 9.03. The molecule has 0 saturated heterocycles. The third-order valence-electron chi connectivity index (χ3n) is 5.02. The molecule has 1 N–H and O–H groups in total. The number of methoxy groups -OCH3 is 1. The standard InChI is InChI=1S/C22H31NO2/c1-4-9-19(5-2)16-23(17-20-10-7-6-8-11-20)21-12-14-22(24,15-13-21)18-25-3/h4-11,21,24H,1-2,12-18H2,3H3/b19-9+. The van der Waals surface area contributed by atoms with Crippen molar-refractivity contribution in [2.45, 2.75) is 43.9 Å². The van der Waals surface area contributed by atoms with E-state index >= 15 is 0 Å². The summed E-state index contributed by atoms with van der Waals surface area (Å²) in [5.74, 6) is 0. The lowest BCUT2D eigenvalue weighted by Gasteiger charge is -2.41. The fourth-order valence-electron chi connectivity index (χ4n) is 3.62. The van der Waals surface area contributed by atoms with Crippen LogP contribution in [-0.2, 0) is 11.3 Å². The first kappa shape index (κ1) is 19.6. The zero-order valence-corrected chi connectivity index (χ0v) is 15.4. The highest BCUT2D eigenvalue weighted by Crippen LogP contribution is 2.32. The van der Waals surface area contributed by atoms with Crippen molar-refractivity contribution in [2.75, 3.05) is 20.3 Å². The molecule has 0 aromatic heterocycles. The van der Waals surface area contributed by atoms with Gasteiger partial charge in [-0.1, -0.05) is 61.7 Å². The lowest BCUT2D eigenvalue weighted by atomic mass is 9.82. The lowest BCUT2D eigenvalue weighted by Crippen LogP contribution is -2.45. The van der Waals surface area contributed by atoms with Crippen LogP contribution < -0.4 is 0 Å². The molecule has 0 bridgehead atoms. The Labute approximate surface area is 152 Å². The summed E-state index contributed by atoms with van der Waals surface area (Å²) in [5.41, 5.74) is 1.81. The van der Waals surface area contributed by atoms with Crippen molar-refractivity contribution in [2.24, 2.45) is 0 Å². The highest BCUT2D eigenvalue weighted by molar-refractivity contribution is 5.23. The van der Waals surface area contributed by atoms with Crippen molar-refractivity contribution >= 4 is 0 Å². The second-order valence-electron chi connectivity index (χ2n) is 6.96. The molecule has 0 aliphatic heterocycles. The van der Waals surface area contributed by atoms with E-state index in [0.29, 0.717) is 12.6 Å². The summed E-state index contributed by atoms with van der Waals surface area (Å²) in [7, 11) is 1.65. The molecule has 3 heteroatoms. The minimum atomic E-state index is -0.665. The van der Waals surface area contributed by atoms with Gasteiger partial charge in [0.25, 0.3) is 0 Å². The predicted octanol–water partition coefficient (Wildman–Crippen LogP) is 4.11. The summed E-state index contributed by atoms with van der Waals surface area (Å²) in [4.78, 5) is 2.50. The third-order valence-corrected chi connectivity index (χ3v) is 5.02. The van der Waals surface area contributed by atoms with Gasteiger partial charge < -0.3 is 9.84 Å². The van der Waals surface area contributed by atoms with Gasteiger partial charge in [0.05, 0.1) is 12.2 Å². The molecular weight excluding hydrogens is 310 g/mol. The van der Waals surface area contributed by atoms with Crippen molar-refractivity contribution in [3.05, 3.63) is 72.9 Å². The van der Waals surface area contributed by atoms with Crippen LogP contribution in [0.3, 0.4) is 0 Å². The molecule has 2 rings (SSSR count). The average Bonchev–Trinajstić information content (AvgIpc) is 2.62. The van der Waals surface area contributed by atoms with Crippen LogP contribution in [0.25, 0.3) is 0 Å². The molecule has 0 spiro atoms. The zero-order chi connectivity index (χ0) is 18.1. The van der Waals surface area contributed by atoms with E-state index in [1.807, 2.05) is 24.3 Å². The molecule has 0 unspecified atom stereocenters. The Morgan fingerprint density at radius 2 is 1.96 bits per heavy atom. The van der Waals surface area contributed by atoms with E-state index in [2.05, 4.69) is 42.3 Å². The van der Waals surface area contributed by atoms with Gasteiger partial charge in [0.2, 0.25) is 0 Å². The smallest absolute Gasteiger partial charge is 0.0881 e. The molecule has 0 amide bonds. The van der Waals surface area contributed by atoms with Crippen LogP contribution >= 0.6 is 0 Å². The number of aliphatic hydroxyl groups is 1. The molecule has 0 radical (unpaired) electrons. The van der Waals surface area contributed by atoms with Gasteiger partial charge in [-0.2, -0.15) is 0 Å². The van der Waals surface area contributed by atoms with E-state index in [9.17, 15) is 5.11 Å². The van der Waals surface area contributed by atoms with Gasteiger partial charge in [-0.15, -0.1) is 0 Å². The van der Waals surface area contributed by atoms with Gasteiger partial charge in [0.1, 0.15) is 0 Å². The van der Waals surface area contributed by atoms with Gasteiger partial charge >= 0.3 is 0 Å². The molecular formula is C22H31NO2. The number of rotatable bonds is 9. The Morgan fingerprint density at radius 3 is 2.52 bits per heavy atom. The fraction of sp³-hybridized carbons (Fsp3) is 0.455. The third kappa shape index (κ3) is 5.96. The molecule has 25 heavy (non-hydrogen) atoms. The number of allylic oxidation sites excluding steroid dienone is 2. The fourth-order valence-corrected chi connectivity index (χ4v) is 3.62. The second-order valence-corrected chi connectivity index (χ2v) is 6.96. The largest absolute Gasteiger partial charge is 0.387 e. The van der Waals surface area contributed by atoms with Crippen LogP contribution in [0, 0.1) is 0 Å². The number of hydrogen-bond donors (Lipinski definition) is 1. The lowest BCUT2D eigenvalue weighted by molar-refractivity contribution is -0.0695. The zero-order valence-electron chi connectivity index (χ0n) is 15.4. The summed E-state index contributed by atoms with van der Waals surface area (Å²) in [6.07, 6.45) is 9.27. The number of benzene rings is 1. The molecule has 1 aromatic rings. The SMILES string of the molecule is C=C/C=C(\C=C)CN(Cc1ccccc1)C1CCC(O)(COC)CC1. The highest BCUT2D eigenvalue weighted by Gasteiger charge is 2.35. The van der Waals surface area contributed by atoms with Crippen molar-refractivity contribution < 1.29 is 9.84 Å². The molecule has 1 aromatic carbocycles. The molecule has 1 fully saturated rings. The normalized spacial score (nSPS) is 24.3. The molecule has 0 heterocycles. The molecule has 136 valence electrons. The van der Waals surface area contributed by atoms with E-state index in [0.717, 1.165) is 38.8 Å². The average molecular weight is 341 g/mol. The quantitative estimate of drug-likeness (QED) is 0.686. The van der Waals surface area contributed by atoms with Crippen LogP contribution in [0.1, 0.15) is 31.2 Å². The van der Waals surface area contributed by atoms with Gasteiger partial charge in [0, 0.05) is 26.2 Å². The number of hydrogen-bond acceptors (Lipinski definition) is 3. The maximum atomic E-state index is 10.6. The van der Waals surface area contributed by atoms with Crippen LogP contribution in [0.2, 0.25) is 0 Å². The Bertz CT molecular complexity index is 571. The summed E-state index contributed by atoms with van der Waals surface area (Å²) < 4.78 is 5.19. The predicted molar refractivity (Wildman–Crippen MR) is 104 cm³/mol. The minimum absolute atomic E-state index is 0.423. The molecule has 1 aliphatic carbocycles. The Morgan fingerprint density at radius 1 is 1.28 bits per heavy atom. The monoisotopic (exact) mass is 341 g/mol. The Hall–Kier alpha value is -1.68. The maximum Gasteiger partial charge on any atom is 0.0881 e. The molecule has 0 atom stereocenters. The van der Waals surface area contributed by atoms with Crippen LogP contribution in [0.5, 0.6) is 0 Å². The van der Waals surface area contributed by atoms with Crippen LogP contribution in [0.4, 0.5) is 0 Å².